The van der Waals surface area contributed by atoms with Gasteiger partial charge < -0.3 is 5.32 Å². The molecule has 3 aromatic rings. The van der Waals surface area contributed by atoms with Crippen molar-refractivity contribution < 1.29 is 17.6 Å². The number of benzene rings is 2. The highest BCUT2D eigenvalue weighted by Crippen LogP contribution is 2.32. The summed E-state index contributed by atoms with van der Waals surface area (Å²) in [6.07, 6.45) is 0.858. The molecule has 0 radical (unpaired) electrons. The van der Waals surface area contributed by atoms with Crippen molar-refractivity contribution in [2.45, 2.75) is 29.9 Å². The first-order valence-corrected chi connectivity index (χ1v) is 11.6. The Kier molecular flexibility index (Phi) is 6.82. The van der Waals surface area contributed by atoms with Gasteiger partial charge in [0.2, 0.25) is 5.91 Å². The standard InChI is InChI=1S/C22H22FNO3S2/c1-16-14-18(10-11-19(16)23)29(26,27)21(20-8-5-13-28-20)15-24-22(25)12-9-17-6-3-2-4-7-17/h2-8,10-11,13-14,21H,9,12,15H2,1H3,(H,24,25)/t21-/m1/s1. The maximum atomic E-state index is 13.6. The van der Waals surface area contributed by atoms with Gasteiger partial charge in [0.1, 0.15) is 11.1 Å². The molecular weight excluding hydrogens is 409 g/mol. The van der Waals surface area contributed by atoms with Crippen LogP contribution in [-0.4, -0.2) is 20.9 Å². The van der Waals surface area contributed by atoms with Crippen molar-refractivity contribution in [3.8, 4) is 0 Å². The molecule has 0 spiro atoms. The van der Waals surface area contributed by atoms with Gasteiger partial charge in [-0.15, -0.1) is 11.3 Å². The van der Waals surface area contributed by atoms with E-state index < -0.39 is 20.9 Å². The van der Waals surface area contributed by atoms with Crippen molar-refractivity contribution in [2.24, 2.45) is 0 Å². The Hall–Kier alpha value is -2.51. The van der Waals surface area contributed by atoms with Crippen LogP contribution in [-0.2, 0) is 21.1 Å². The molecule has 1 amide bonds. The van der Waals surface area contributed by atoms with Crippen LogP contribution in [0.5, 0.6) is 0 Å². The maximum Gasteiger partial charge on any atom is 0.220 e. The molecule has 0 fully saturated rings. The lowest BCUT2D eigenvalue weighted by Crippen LogP contribution is -2.31. The van der Waals surface area contributed by atoms with Gasteiger partial charge in [-0.3, -0.25) is 4.79 Å². The van der Waals surface area contributed by atoms with E-state index in [-0.39, 0.29) is 29.3 Å². The van der Waals surface area contributed by atoms with Gasteiger partial charge in [-0.25, -0.2) is 12.8 Å². The van der Waals surface area contributed by atoms with Gasteiger partial charge >= 0.3 is 0 Å². The third-order valence-corrected chi connectivity index (χ3v) is 7.88. The second kappa shape index (κ2) is 9.33. The van der Waals surface area contributed by atoms with Crippen LogP contribution in [0.3, 0.4) is 0 Å². The Morgan fingerprint density at radius 3 is 2.52 bits per heavy atom. The molecule has 1 N–H and O–H groups in total. The van der Waals surface area contributed by atoms with Crippen LogP contribution in [0.25, 0.3) is 0 Å². The molecule has 0 aliphatic heterocycles. The Morgan fingerprint density at radius 2 is 1.86 bits per heavy atom. The monoisotopic (exact) mass is 431 g/mol. The lowest BCUT2D eigenvalue weighted by molar-refractivity contribution is -0.121. The second-order valence-corrected chi connectivity index (χ2v) is 9.86. The summed E-state index contributed by atoms with van der Waals surface area (Å²) < 4.78 is 40.0. The molecule has 0 saturated heterocycles. The smallest absolute Gasteiger partial charge is 0.220 e. The number of hydrogen-bond acceptors (Lipinski definition) is 4. The van der Waals surface area contributed by atoms with Crippen molar-refractivity contribution in [2.75, 3.05) is 6.54 Å². The van der Waals surface area contributed by atoms with Gasteiger partial charge in [0.25, 0.3) is 0 Å². The van der Waals surface area contributed by atoms with E-state index in [0.29, 0.717) is 11.3 Å². The largest absolute Gasteiger partial charge is 0.354 e. The van der Waals surface area contributed by atoms with Crippen LogP contribution < -0.4 is 5.32 Å². The highest BCUT2D eigenvalue weighted by molar-refractivity contribution is 7.91. The first-order chi connectivity index (χ1) is 13.9. The van der Waals surface area contributed by atoms with Gasteiger partial charge in [-0.2, -0.15) is 0 Å². The van der Waals surface area contributed by atoms with E-state index >= 15 is 0 Å². The Bertz CT molecular complexity index is 1060. The SMILES string of the molecule is Cc1cc(S(=O)(=O)[C@H](CNC(=O)CCc2ccccc2)c2cccs2)ccc1F. The van der Waals surface area contributed by atoms with Gasteiger partial charge in [-0.1, -0.05) is 36.4 Å². The number of nitrogens with one attached hydrogen (secondary N) is 1. The molecule has 1 atom stereocenters. The van der Waals surface area contributed by atoms with Crippen molar-refractivity contribution in [3.05, 3.63) is 87.9 Å². The first-order valence-electron chi connectivity index (χ1n) is 9.22. The number of hydrogen-bond donors (Lipinski definition) is 1. The van der Waals surface area contributed by atoms with E-state index in [2.05, 4.69) is 5.32 Å². The van der Waals surface area contributed by atoms with E-state index in [4.69, 9.17) is 0 Å². The average molecular weight is 432 g/mol. The molecule has 3 rings (SSSR count). The molecule has 0 aliphatic carbocycles. The molecule has 0 bridgehead atoms. The van der Waals surface area contributed by atoms with E-state index in [0.717, 1.165) is 11.6 Å². The number of thiophene rings is 1. The molecule has 7 heteroatoms. The predicted octanol–water partition coefficient (Wildman–Crippen LogP) is 4.46. The summed E-state index contributed by atoms with van der Waals surface area (Å²) in [4.78, 5) is 13.0. The van der Waals surface area contributed by atoms with Crippen molar-refractivity contribution >= 4 is 27.1 Å². The van der Waals surface area contributed by atoms with E-state index in [9.17, 15) is 17.6 Å². The first kappa shape index (κ1) is 21.2. The average Bonchev–Trinajstić information content (AvgIpc) is 3.23. The number of carbonyl (C=O) groups excluding carboxylic acids is 1. The van der Waals surface area contributed by atoms with Crippen molar-refractivity contribution in [3.63, 3.8) is 0 Å². The molecule has 0 aliphatic rings. The number of sulfone groups is 1. The summed E-state index contributed by atoms with van der Waals surface area (Å²) in [6.45, 7) is 1.49. The summed E-state index contributed by atoms with van der Waals surface area (Å²) in [5, 5.41) is 3.63. The van der Waals surface area contributed by atoms with Gasteiger partial charge in [0.15, 0.2) is 9.84 Å². The van der Waals surface area contributed by atoms with Crippen molar-refractivity contribution in [1.82, 2.24) is 5.32 Å². The highest BCUT2D eigenvalue weighted by atomic mass is 32.2. The number of rotatable bonds is 8. The third-order valence-electron chi connectivity index (χ3n) is 4.66. The van der Waals surface area contributed by atoms with E-state index in [1.807, 2.05) is 30.3 Å². The van der Waals surface area contributed by atoms with Crippen LogP contribution >= 0.6 is 11.3 Å². The second-order valence-electron chi connectivity index (χ2n) is 6.75. The fourth-order valence-electron chi connectivity index (χ4n) is 2.99. The van der Waals surface area contributed by atoms with E-state index in [1.165, 1.54) is 30.4 Å². The molecule has 152 valence electrons. The molecule has 1 aromatic heterocycles. The van der Waals surface area contributed by atoms with Crippen molar-refractivity contribution in [1.29, 1.82) is 0 Å². The molecule has 0 saturated carbocycles. The maximum absolute atomic E-state index is 13.6. The zero-order valence-corrected chi connectivity index (χ0v) is 17.6. The molecular formula is C22H22FNO3S2. The van der Waals surface area contributed by atoms with Gasteiger partial charge in [-0.05, 0) is 54.1 Å². The number of amides is 1. The lowest BCUT2D eigenvalue weighted by atomic mass is 10.1. The lowest BCUT2D eigenvalue weighted by Gasteiger charge is -2.18. The zero-order valence-electron chi connectivity index (χ0n) is 16.0. The molecule has 1 heterocycles. The summed E-state index contributed by atoms with van der Waals surface area (Å²) in [6, 6.07) is 16.9. The molecule has 0 unspecified atom stereocenters. The van der Waals surface area contributed by atoms with Crippen LogP contribution in [0, 0.1) is 12.7 Å². The molecule has 29 heavy (non-hydrogen) atoms. The minimum absolute atomic E-state index is 0.0348. The Balaban J connectivity index is 1.74. The zero-order chi connectivity index (χ0) is 20.9. The number of carbonyl (C=O) groups is 1. The number of halogens is 1. The van der Waals surface area contributed by atoms with Crippen LogP contribution in [0.4, 0.5) is 4.39 Å². The van der Waals surface area contributed by atoms with Crippen LogP contribution in [0.2, 0.25) is 0 Å². The normalized spacial score (nSPS) is 12.5. The van der Waals surface area contributed by atoms with E-state index in [1.54, 1.807) is 17.5 Å². The topological polar surface area (TPSA) is 63.2 Å². The summed E-state index contributed by atoms with van der Waals surface area (Å²) >= 11 is 1.32. The fourth-order valence-corrected chi connectivity index (χ4v) is 5.86. The van der Waals surface area contributed by atoms with Crippen LogP contribution in [0.1, 0.15) is 27.7 Å². The third kappa shape index (κ3) is 5.31. The quantitative estimate of drug-likeness (QED) is 0.536. The van der Waals surface area contributed by atoms with Crippen LogP contribution in [0.15, 0.2) is 70.9 Å². The fraction of sp³-hybridized carbons (Fsp3) is 0.227. The molecule has 4 nitrogen and oxygen atoms in total. The van der Waals surface area contributed by atoms with Gasteiger partial charge in [0, 0.05) is 17.8 Å². The summed E-state index contributed by atoms with van der Waals surface area (Å²) in [5.74, 6) is -0.660. The Morgan fingerprint density at radius 1 is 1.10 bits per heavy atom. The summed E-state index contributed by atoms with van der Waals surface area (Å²) in [7, 11) is -3.80. The number of aryl methyl sites for hydroxylation is 2. The predicted molar refractivity (Wildman–Crippen MR) is 113 cm³/mol. The minimum Gasteiger partial charge on any atom is -0.354 e. The summed E-state index contributed by atoms with van der Waals surface area (Å²) in [5.41, 5.74) is 1.31. The highest BCUT2D eigenvalue weighted by Gasteiger charge is 2.30. The Labute approximate surface area is 174 Å². The van der Waals surface area contributed by atoms with Gasteiger partial charge in [0.05, 0.1) is 4.90 Å². The molecule has 2 aromatic carbocycles. The minimum atomic E-state index is -3.80.